The van der Waals surface area contributed by atoms with Crippen LogP contribution < -0.4 is 0 Å². The van der Waals surface area contributed by atoms with Gasteiger partial charge in [0.1, 0.15) is 12.1 Å². The van der Waals surface area contributed by atoms with E-state index in [1.807, 2.05) is 6.07 Å². The van der Waals surface area contributed by atoms with Gasteiger partial charge in [-0.25, -0.2) is 0 Å². The van der Waals surface area contributed by atoms with Crippen molar-refractivity contribution in [2.24, 2.45) is 5.92 Å². The second kappa shape index (κ2) is 8.88. The van der Waals surface area contributed by atoms with Crippen molar-refractivity contribution in [1.29, 1.82) is 10.5 Å². The monoisotopic (exact) mass is 356 g/mol. The Morgan fingerprint density at radius 1 is 0.852 bits per heavy atom. The highest BCUT2D eigenvalue weighted by atomic mass is 14.3. The summed E-state index contributed by atoms with van der Waals surface area (Å²) in [6, 6.07) is 17.2. The van der Waals surface area contributed by atoms with Crippen LogP contribution in [-0.2, 0) is 6.42 Å². The molecule has 138 valence electrons. The molecular weight excluding hydrogens is 328 g/mol. The lowest BCUT2D eigenvalue weighted by molar-refractivity contribution is 0.308. The molecule has 0 radical (unpaired) electrons. The molecule has 1 fully saturated rings. The summed E-state index contributed by atoms with van der Waals surface area (Å²) in [5.74, 6) is 1.25. The largest absolute Gasteiger partial charge is 0.192 e. The fourth-order valence-electron chi connectivity index (χ4n) is 4.53. The Morgan fingerprint density at radius 2 is 1.52 bits per heavy atom. The van der Waals surface area contributed by atoms with Gasteiger partial charge in [-0.1, -0.05) is 63.1 Å². The highest BCUT2D eigenvalue weighted by Crippen LogP contribution is 2.40. The van der Waals surface area contributed by atoms with Gasteiger partial charge in [-0.3, -0.25) is 0 Å². The van der Waals surface area contributed by atoms with E-state index in [9.17, 15) is 10.5 Å². The van der Waals surface area contributed by atoms with E-state index in [1.165, 1.54) is 31.2 Å². The van der Waals surface area contributed by atoms with Crippen molar-refractivity contribution in [2.75, 3.05) is 0 Å². The van der Waals surface area contributed by atoms with Crippen molar-refractivity contribution in [3.63, 3.8) is 0 Å². The Hall–Kier alpha value is -2.58. The van der Waals surface area contributed by atoms with E-state index in [1.54, 1.807) is 0 Å². The molecule has 1 aliphatic carbocycles. The Balaban J connectivity index is 1.94. The molecule has 0 N–H and O–H groups in total. The lowest BCUT2D eigenvalue weighted by atomic mass is 9.75. The molecule has 2 aromatic rings. The Labute approximate surface area is 163 Å². The first-order valence-electron chi connectivity index (χ1n) is 10.3. The minimum atomic E-state index is 0.413. The summed E-state index contributed by atoms with van der Waals surface area (Å²) >= 11 is 0. The molecule has 0 bridgehead atoms. The molecule has 0 spiro atoms. The molecule has 1 aliphatic rings. The molecule has 0 heterocycles. The van der Waals surface area contributed by atoms with E-state index in [-0.39, 0.29) is 0 Å². The minimum absolute atomic E-state index is 0.413. The van der Waals surface area contributed by atoms with Gasteiger partial charge in [-0.05, 0) is 60.6 Å². The quantitative estimate of drug-likeness (QED) is 0.596. The molecule has 0 saturated heterocycles. The van der Waals surface area contributed by atoms with Gasteiger partial charge in [0.2, 0.25) is 0 Å². The van der Waals surface area contributed by atoms with E-state index in [2.05, 4.69) is 56.3 Å². The fraction of sp³-hybridized carbons (Fsp3) is 0.440. The van der Waals surface area contributed by atoms with Crippen LogP contribution >= 0.6 is 0 Å². The summed E-state index contributed by atoms with van der Waals surface area (Å²) in [6.45, 7) is 4.39. The summed E-state index contributed by atoms with van der Waals surface area (Å²) in [5.41, 5.74) is 5.37. The zero-order valence-corrected chi connectivity index (χ0v) is 16.5. The number of benzene rings is 2. The van der Waals surface area contributed by atoms with Crippen LogP contribution in [0, 0.1) is 28.6 Å². The van der Waals surface area contributed by atoms with E-state index < -0.39 is 0 Å². The van der Waals surface area contributed by atoms with E-state index >= 15 is 0 Å². The molecule has 2 nitrogen and oxygen atoms in total. The molecule has 2 aromatic carbocycles. The van der Waals surface area contributed by atoms with Gasteiger partial charge < -0.3 is 0 Å². The summed E-state index contributed by atoms with van der Waals surface area (Å²) in [7, 11) is 0. The zero-order chi connectivity index (χ0) is 19.2. The summed E-state index contributed by atoms with van der Waals surface area (Å²) in [5, 5.41) is 19.7. The molecule has 0 aromatic heterocycles. The Kier molecular flexibility index (Phi) is 6.31. The zero-order valence-electron chi connectivity index (χ0n) is 16.5. The number of rotatable bonds is 5. The van der Waals surface area contributed by atoms with Crippen LogP contribution in [0.4, 0.5) is 0 Å². The van der Waals surface area contributed by atoms with Crippen LogP contribution in [-0.4, -0.2) is 0 Å². The maximum atomic E-state index is 9.85. The standard InChI is InChI=1S/C25H28N2/c1-3-5-19-8-12-21(13-9-19)23-15-14-22(24(16-26)25(23)17-27)20-10-6-18(4-2)7-11-20/h6-7,10-11,14-15,19,21H,3-5,8-9,12-13H2,1-2H3/t19-,21-. The number of nitrogens with zero attached hydrogens (tertiary/aromatic N) is 2. The van der Waals surface area contributed by atoms with Crippen molar-refractivity contribution in [2.45, 2.75) is 64.7 Å². The number of nitriles is 2. The third kappa shape index (κ3) is 4.06. The van der Waals surface area contributed by atoms with Crippen LogP contribution in [0.1, 0.15) is 80.5 Å². The van der Waals surface area contributed by atoms with Gasteiger partial charge in [0, 0.05) is 5.56 Å². The molecule has 3 rings (SSSR count). The van der Waals surface area contributed by atoms with Crippen molar-refractivity contribution >= 4 is 0 Å². The summed E-state index contributed by atoms with van der Waals surface area (Å²) in [6.07, 6.45) is 8.31. The summed E-state index contributed by atoms with van der Waals surface area (Å²) < 4.78 is 0. The Morgan fingerprint density at radius 3 is 2.07 bits per heavy atom. The first kappa shape index (κ1) is 19.2. The van der Waals surface area contributed by atoms with Crippen molar-refractivity contribution < 1.29 is 0 Å². The predicted octanol–water partition coefficient (Wildman–Crippen LogP) is 6.73. The van der Waals surface area contributed by atoms with Crippen LogP contribution in [0.2, 0.25) is 0 Å². The molecule has 0 aliphatic heterocycles. The number of hydrogen-bond donors (Lipinski definition) is 0. The molecule has 27 heavy (non-hydrogen) atoms. The Bertz CT molecular complexity index is 857. The maximum Gasteiger partial charge on any atom is 0.101 e. The van der Waals surface area contributed by atoms with E-state index in [0.29, 0.717) is 17.0 Å². The molecule has 0 atom stereocenters. The minimum Gasteiger partial charge on any atom is -0.192 e. The number of hydrogen-bond acceptors (Lipinski definition) is 2. The van der Waals surface area contributed by atoms with Gasteiger partial charge in [-0.2, -0.15) is 10.5 Å². The highest BCUT2D eigenvalue weighted by Gasteiger charge is 2.25. The second-order valence-electron chi connectivity index (χ2n) is 7.73. The molecule has 2 heteroatoms. The van der Waals surface area contributed by atoms with Gasteiger partial charge in [0.05, 0.1) is 11.1 Å². The van der Waals surface area contributed by atoms with Crippen molar-refractivity contribution in [3.05, 3.63) is 58.7 Å². The smallest absolute Gasteiger partial charge is 0.101 e. The fourth-order valence-corrected chi connectivity index (χ4v) is 4.53. The highest BCUT2D eigenvalue weighted by molar-refractivity contribution is 5.75. The van der Waals surface area contributed by atoms with Crippen LogP contribution in [0.3, 0.4) is 0 Å². The first-order chi connectivity index (χ1) is 13.2. The lowest BCUT2D eigenvalue weighted by Gasteiger charge is -2.29. The molecule has 1 saturated carbocycles. The predicted molar refractivity (Wildman–Crippen MR) is 110 cm³/mol. The third-order valence-corrected chi connectivity index (χ3v) is 6.12. The SMILES string of the molecule is CCC[C@H]1CC[C@H](c2ccc(-c3ccc(CC)cc3)c(C#N)c2C#N)CC1. The topological polar surface area (TPSA) is 47.6 Å². The van der Waals surface area contributed by atoms with Crippen molar-refractivity contribution in [1.82, 2.24) is 0 Å². The average Bonchev–Trinajstić information content (AvgIpc) is 2.73. The molecular formula is C25H28N2. The number of aryl methyl sites for hydroxylation is 1. The van der Waals surface area contributed by atoms with Gasteiger partial charge in [0.15, 0.2) is 0 Å². The molecule has 0 unspecified atom stereocenters. The molecule has 0 amide bonds. The van der Waals surface area contributed by atoms with Crippen LogP contribution in [0.5, 0.6) is 0 Å². The second-order valence-corrected chi connectivity index (χ2v) is 7.73. The maximum absolute atomic E-state index is 9.85. The van der Waals surface area contributed by atoms with Gasteiger partial charge in [0.25, 0.3) is 0 Å². The van der Waals surface area contributed by atoms with E-state index in [0.717, 1.165) is 41.9 Å². The first-order valence-corrected chi connectivity index (χ1v) is 10.3. The summed E-state index contributed by atoms with van der Waals surface area (Å²) in [4.78, 5) is 0. The third-order valence-electron chi connectivity index (χ3n) is 6.12. The van der Waals surface area contributed by atoms with E-state index in [4.69, 9.17) is 0 Å². The normalized spacial score (nSPS) is 19.3. The van der Waals surface area contributed by atoms with Gasteiger partial charge in [-0.15, -0.1) is 0 Å². The average molecular weight is 357 g/mol. The van der Waals surface area contributed by atoms with Crippen LogP contribution in [0.15, 0.2) is 36.4 Å². The lowest BCUT2D eigenvalue weighted by Crippen LogP contribution is -2.14. The van der Waals surface area contributed by atoms with Crippen LogP contribution in [0.25, 0.3) is 11.1 Å². The van der Waals surface area contributed by atoms with Crippen molar-refractivity contribution in [3.8, 4) is 23.3 Å². The van der Waals surface area contributed by atoms with Gasteiger partial charge >= 0.3 is 0 Å².